The fourth-order valence-electron chi connectivity index (χ4n) is 2.31. The molecule has 0 aromatic carbocycles. The second-order valence-corrected chi connectivity index (χ2v) is 5.19. The van der Waals surface area contributed by atoms with Crippen LogP contribution in [0.3, 0.4) is 0 Å². The summed E-state index contributed by atoms with van der Waals surface area (Å²) in [6, 6.07) is -0.486. The molecule has 2 rings (SSSR count). The van der Waals surface area contributed by atoms with E-state index in [2.05, 4.69) is 15.3 Å². The van der Waals surface area contributed by atoms with E-state index in [4.69, 9.17) is 11.6 Å². The van der Waals surface area contributed by atoms with Crippen LogP contribution in [0.15, 0.2) is 12.4 Å². The first-order chi connectivity index (χ1) is 9.36. The van der Waals surface area contributed by atoms with Crippen LogP contribution in [0.5, 0.6) is 0 Å². The lowest BCUT2D eigenvalue weighted by Crippen LogP contribution is -2.41. The Kier molecular flexibility index (Phi) is 4.47. The Morgan fingerprint density at radius 1 is 1.30 bits per heavy atom. The number of aromatic nitrogens is 2. The average Bonchev–Trinajstić information content (AvgIpc) is 2.38. The molecule has 4 nitrogen and oxygen atoms in total. The number of rotatable bonds is 2. The lowest BCUT2D eigenvalue weighted by Gasteiger charge is -2.30. The van der Waals surface area contributed by atoms with Crippen molar-refractivity contribution in [1.82, 2.24) is 15.3 Å². The maximum absolute atomic E-state index is 12.7. The van der Waals surface area contributed by atoms with E-state index >= 15 is 0 Å². The molecule has 2 atom stereocenters. The molecule has 1 saturated carbocycles. The largest absolute Gasteiger partial charge is 0.391 e. The summed E-state index contributed by atoms with van der Waals surface area (Å²) in [4.78, 5) is 19.3. The molecule has 1 aliphatic carbocycles. The number of alkyl halides is 3. The van der Waals surface area contributed by atoms with Crippen molar-refractivity contribution in [2.75, 3.05) is 0 Å². The Hall–Kier alpha value is -1.37. The molecule has 20 heavy (non-hydrogen) atoms. The quantitative estimate of drug-likeness (QED) is 0.914. The Labute approximate surface area is 118 Å². The molecule has 1 fully saturated rings. The third-order valence-electron chi connectivity index (χ3n) is 3.33. The third kappa shape index (κ3) is 3.82. The van der Waals surface area contributed by atoms with Gasteiger partial charge in [0.2, 0.25) is 0 Å². The highest BCUT2D eigenvalue weighted by Gasteiger charge is 2.42. The first-order valence-electron chi connectivity index (χ1n) is 6.21. The summed E-state index contributed by atoms with van der Waals surface area (Å²) in [7, 11) is 0. The molecule has 110 valence electrons. The second kappa shape index (κ2) is 5.95. The first kappa shape index (κ1) is 15.0. The van der Waals surface area contributed by atoms with E-state index in [1.165, 1.54) is 12.4 Å². The maximum Gasteiger partial charge on any atom is 0.391 e. The number of carbonyl (C=O) groups is 1. The van der Waals surface area contributed by atoms with E-state index in [1.54, 1.807) is 0 Å². The van der Waals surface area contributed by atoms with Gasteiger partial charge in [-0.05, 0) is 19.3 Å². The Balaban J connectivity index is 1.96. The second-order valence-electron chi connectivity index (χ2n) is 4.80. The maximum atomic E-state index is 12.7. The van der Waals surface area contributed by atoms with Gasteiger partial charge in [0.1, 0.15) is 10.8 Å². The molecule has 1 aromatic rings. The molecule has 2 unspecified atom stereocenters. The van der Waals surface area contributed by atoms with Gasteiger partial charge >= 0.3 is 6.18 Å². The Bertz CT molecular complexity index is 478. The van der Waals surface area contributed by atoms with Crippen molar-refractivity contribution < 1.29 is 18.0 Å². The van der Waals surface area contributed by atoms with E-state index in [-0.39, 0.29) is 23.7 Å². The summed E-state index contributed by atoms with van der Waals surface area (Å²) in [6.45, 7) is 0. The fraction of sp³-hybridized carbons (Fsp3) is 0.583. The van der Waals surface area contributed by atoms with Crippen LogP contribution in [0.4, 0.5) is 13.2 Å². The molecule has 1 heterocycles. The Morgan fingerprint density at radius 2 is 2.05 bits per heavy atom. The molecule has 1 N–H and O–H groups in total. The fourth-order valence-corrected chi connectivity index (χ4v) is 2.40. The zero-order chi connectivity index (χ0) is 14.8. The topological polar surface area (TPSA) is 54.9 Å². The van der Waals surface area contributed by atoms with Gasteiger partial charge in [-0.25, -0.2) is 9.97 Å². The summed E-state index contributed by atoms with van der Waals surface area (Å²) in [5, 5.41) is 2.72. The van der Waals surface area contributed by atoms with Gasteiger partial charge in [-0.1, -0.05) is 18.0 Å². The third-order valence-corrected chi connectivity index (χ3v) is 3.52. The smallest absolute Gasteiger partial charge is 0.348 e. The molecule has 8 heteroatoms. The van der Waals surface area contributed by atoms with Gasteiger partial charge in [0.15, 0.2) is 0 Å². The van der Waals surface area contributed by atoms with Crippen LogP contribution in [0.2, 0.25) is 5.15 Å². The van der Waals surface area contributed by atoms with E-state index in [0.29, 0.717) is 12.8 Å². The van der Waals surface area contributed by atoms with Crippen molar-refractivity contribution in [3.63, 3.8) is 0 Å². The van der Waals surface area contributed by atoms with Crippen molar-refractivity contribution in [1.29, 1.82) is 0 Å². The standard InChI is InChI=1S/C12H13ClF3N3O/c13-10-6-17-9(5-18-10)11(20)19-8-3-1-2-7(4-8)12(14,15)16/h5-8H,1-4H2,(H,19,20). The minimum atomic E-state index is -4.20. The molecule has 0 spiro atoms. The van der Waals surface area contributed by atoms with Gasteiger partial charge in [-0.2, -0.15) is 13.2 Å². The first-order valence-corrected chi connectivity index (χ1v) is 6.59. The molecule has 1 amide bonds. The molecule has 0 bridgehead atoms. The molecule has 0 saturated heterocycles. The summed E-state index contributed by atoms with van der Waals surface area (Å²) in [6.07, 6.45) is -0.769. The van der Waals surface area contributed by atoms with Gasteiger partial charge in [-0.15, -0.1) is 0 Å². The summed E-state index contributed by atoms with van der Waals surface area (Å²) < 4.78 is 38.0. The van der Waals surface area contributed by atoms with Crippen molar-refractivity contribution >= 4 is 17.5 Å². The van der Waals surface area contributed by atoms with E-state index in [9.17, 15) is 18.0 Å². The van der Waals surface area contributed by atoms with Gasteiger partial charge in [0, 0.05) is 6.04 Å². The molecular formula is C12H13ClF3N3O. The van der Waals surface area contributed by atoms with Crippen LogP contribution in [-0.2, 0) is 0 Å². The Morgan fingerprint density at radius 3 is 2.65 bits per heavy atom. The van der Waals surface area contributed by atoms with Gasteiger partial charge in [0.05, 0.1) is 18.3 Å². The zero-order valence-electron chi connectivity index (χ0n) is 10.5. The number of hydrogen-bond donors (Lipinski definition) is 1. The van der Waals surface area contributed by atoms with Gasteiger partial charge < -0.3 is 5.32 Å². The van der Waals surface area contributed by atoms with E-state index in [1.807, 2.05) is 0 Å². The van der Waals surface area contributed by atoms with Gasteiger partial charge in [0.25, 0.3) is 5.91 Å². The van der Waals surface area contributed by atoms with Crippen LogP contribution in [0.25, 0.3) is 0 Å². The van der Waals surface area contributed by atoms with E-state index in [0.717, 1.165) is 0 Å². The van der Waals surface area contributed by atoms with E-state index < -0.39 is 24.0 Å². The highest BCUT2D eigenvalue weighted by molar-refractivity contribution is 6.29. The molecule has 0 radical (unpaired) electrons. The predicted molar refractivity (Wildman–Crippen MR) is 66.3 cm³/mol. The number of carbonyl (C=O) groups excluding carboxylic acids is 1. The summed E-state index contributed by atoms with van der Waals surface area (Å²) >= 11 is 5.55. The normalized spacial score (nSPS) is 23.4. The molecule has 0 aliphatic heterocycles. The average molecular weight is 308 g/mol. The summed E-state index contributed by atoms with van der Waals surface area (Å²) in [5.74, 6) is -1.88. The van der Waals surface area contributed by atoms with Crippen molar-refractivity contribution in [3.05, 3.63) is 23.2 Å². The van der Waals surface area contributed by atoms with Crippen LogP contribution in [-0.4, -0.2) is 28.1 Å². The van der Waals surface area contributed by atoms with Gasteiger partial charge in [-0.3, -0.25) is 4.79 Å². The molecule has 1 aliphatic rings. The lowest BCUT2D eigenvalue weighted by atomic mass is 9.85. The number of nitrogens with zero attached hydrogens (tertiary/aromatic N) is 2. The van der Waals surface area contributed by atoms with Crippen molar-refractivity contribution in [2.45, 2.75) is 37.9 Å². The van der Waals surface area contributed by atoms with Crippen LogP contribution >= 0.6 is 11.6 Å². The minimum absolute atomic E-state index is 0.0449. The van der Waals surface area contributed by atoms with Crippen molar-refractivity contribution in [3.8, 4) is 0 Å². The number of halogens is 4. The lowest BCUT2D eigenvalue weighted by molar-refractivity contribution is -0.183. The molecular weight excluding hydrogens is 295 g/mol. The predicted octanol–water partition coefficient (Wildman–Crippen LogP) is 2.98. The molecule has 1 aromatic heterocycles. The van der Waals surface area contributed by atoms with Crippen LogP contribution in [0.1, 0.15) is 36.2 Å². The van der Waals surface area contributed by atoms with Crippen LogP contribution < -0.4 is 5.32 Å². The summed E-state index contributed by atoms with van der Waals surface area (Å²) in [5.41, 5.74) is 0.0449. The van der Waals surface area contributed by atoms with Crippen LogP contribution in [0, 0.1) is 5.92 Å². The zero-order valence-corrected chi connectivity index (χ0v) is 11.2. The van der Waals surface area contributed by atoms with Crippen molar-refractivity contribution in [2.24, 2.45) is 5.92 Å². The number of amides is 1. The highest BCUT2D eigenvalue weighted by atomic mass is 35.5. The SMILES string of the molecule is O=C(NC1CCCC(C(F)(F)F)C1)c1cnc(Cl)cn1. The number of nitrogens with one attached hydrogen (secondary N) is 1. The number of hydrogen-bond acceptors (Lipinski definition) is 3. The highest BCUT2D eigenvalue weighted by Crippen LogP contribution is 2.37. The minimum Gasteiger partial charge on any atom is -0.348 e. The monoisotopic (exact) mass is 307 g/mol.